The van der Waals surface area contributed by atoms with Gasteiger partial charge >= 0.3 is 0 Å². The maximum absolute atomic E-state index is 12.0. The van der Waals surface area contributed by atoms with Gasteiger partial charge in [0.2, 0.25) is 11.8 Å². The smallest absolute Gasteiger partial charge is 0.239 e. The van der Waals surface area contributed by atoms with Crippen LogP contribution >= 0.6 is 0 Å². The van der Waals surface area contributed by atoms with Gasteiger partial charge in [-0.25, -0.2) is 0 Å². The summed E-state index contributed by atoms with van der Waals surface area (Å²) in [5.41, 5.74) is 0. The van der Waals surface area contributed by atoms with Crippen LogP contribution in [0.15, 0.2) is 0 Å². The summed E-state index contributed by atoms with van der Waals surface area (Å²) in [6.07, 6.45) is 6.51. The third-order valence-corrected chi connectivity index (χ3v) is 4.16. The van der Waals surface area contributed by atoms with E-state index < -0.39 is 0 Å². The molecule has 5 heteroatoms. The number of likely N-dealkylation sites (tertiary alicyclic amines) is 1. The average molecular weight is 267 g/mol. The van der Waals surface area contributed by atoms with Gasteiger partial charge in [-0.3, -0.25) is 14.5 Å². The molecule has 108 valence electrons. The quantitative estimate of drug-likeness (QED) is 0.811. The van der Waals surface area contributed by atoms with Crippen LogP contribution in [-0.2, 0) is 9.59 Å². The van der Waals surface area contributed by atoms with Crippen molar-refractivity contribution in [2.24, 2.45) is 0 Å². The van der Waals surface area contributed by atoms with Crippen molar-refractivity contribution in [3.05, 3.63) is 0 Å². The van der Waals surface area contributed by atoms with Crippen LogP contribution < -0.4 is 5.32 Å². The lowest BCUT2D eigenvalue weighted by molar-refractivity contribution is -0.134. The molecule has 2 rings (SSSR count). The summed E-state index contributed by atoms with van der Waals surface area (Å²) in [7, 11) is 3.55. The fourth-order valence-electron chi connectivity index (χ4n) is 3.12. The standard InChI is InChI=1S/C14H25N3O2/c1-16(2)14(19)12-8-5-9-17(12)10-13(18)15-11-6-3-4-7-11/h11-12H,3-10H2,1-2H3,(H,15,18). The van der Waals surface area contributed by atoms with Gasteiger partial charge in [0.05, 0.1) is 12.6 Å². The van der Waals surface area contributed by atoms with Crippen molar-refractivity contribution >= 4 is 11.8 Å². The number of carbonyl (C=O) groups excluding carboxylic acids is 2. The zero-order chi connectivity index (χ0) is 13.8. The molecular formula is C14H25N3O2. The van der Waals surface area contributed by atoms with Crippen LogP contribution in [0.1, 0.15) is 38.5 Å². The lowest BCUT2D eigenvalue weighted by Gasteiger charge is -2.26. The van der Waals surface area contributed by atoms with Crippen molar-refractivity contribution < 1.29 is 9.59 Å². The molecule has 0 aromatic carbocycles. The van der Waals surface area contributed by atoms with E-state index in [9.17, 15) is 9.59 Å². The zero-order valence-electron chi connectivity index (χ0n) is 12.0. The molecule has 1 saturated carbocycles. The van der Waals surface area contributed by atoms with Crippen LogP contribution in [0, 0.1) is 0 Å². The highest BCUT2D eigenvalue weighted by Gasteiger charge is 2.33. The third kappa shape index (κ3) is 3.69. The largest absolute Gasteiger partial charge is 0.352 e. The predicted molar refractivity (Wildman–Crippen MR) is 73.7 cm³/mol. The van der Waals surface area contributed by atoms with E-state index in [4.69, 9.17) is 0 Å². The third-order valence-electron chi connectivity index (χ3n) is 4.16. The highest BCUT2D eigenvalue weighted by molar-refractivity contribution is 5.83. The molecular weight excluding hydrogens is 242 g/mol. The van der Waals surface area contributed by atoms with Crippen molar-refractivity contribution in [3.8, 4) is 0 Å². The Morgan fingerprint density at radius 1 is 1.16 bits per heavy atom. The van der Waals surface area contributed by atoms with Gasteiger partial charge in [-0.1, -0.05) is 12.8 Å². The van der Waals surface area contributed by atoms with Crippen molar-refractivity contribution in [3.63, 3.8) is 0 Å². The maximum atomic E-state index is 12.0. The molecule has 0 spiro atoms. The second-order valence-corrected chi connectivity index (χ2v) is 5.91. The Labute approximate surface area is 115 Å². The monoisotopic (exact) mass is 267 g/mol. The lowest BCUT2D eigenvalue weighted by Crippen LogP contribution is -2.47. The average Bonchev–Trinajstić information content (AvgIpc) is 2.99. The first kappa shape index (κ1) is 14.3. The van der Waals surface area contributed by atoms with Gasteiger partial charge in [0.15, 0.2) is 0 Å². The second-order valence-electron chi connectivity index (χ2n) is 5.91. The number of carbonyl (C=O) groups is 2. The number of nitrogens with zero attached hydrogens (tertiary/aromatic N) is 2. The number of rotatable bonds is 4. The normalized spacial score (nSPS) is 24.6. The summed E-state index contributed by atoms with van der Waals surface area (Å²) < 4.78 is 0. The lowest BCUT2D eigenvalue weighted by atomic mass is 10.2. The van der Waals surface area contributed by atoms with Gasteiger partial charge in [-0.05, 0) is 32.2 Å². The molecule has 1 unspecified atom stereocenters. The molecule has 0 aromatic rings. The van der Waals surface area contributed by atoms with Crippen molar-refractivity contribution in [2.75, 3.05) is 27.2 Å². The first-order chi connectivity index (χ1) is 9.08. The van der Waals surface area contributed by atoms with Crippen molar-refractivity contribution in [1.29, 1.82) is 0 Å². The summed E-state index contributed by atoms with van der Waals surface area (Å²) in [6, 6.07) is 0.252. The van der Waals surface area contributed by atoms with E-state index in [-0.39, 0.29) is 17.9 Å². The Hall–Kier alpha value is -1.10. The zero-order valence-corrected chi connectivity index (χ0v) is 12.0. The molecule has 1 heterocycles. The van der Waals surface area contributed by atoms with Gasteiger partial charge in [-0.15, -0.1) is 0 Å². The molecule has 0 aromatic heterocycles. The van der Waals surface area contributed by atoms with E-state index in [0.717, 1.165) is 32.2 Å². The Morgan fingerprint density at radius 2 is 1.84 bits per heavy atom. The Balaban J connectivity index is 1.83. The van der Waals surface area contributed by atoms with Gasteiger partial charge in [-0.2, -0.15) is 0 Å². The molecule has 0 radical (unpaired) electrons. The number of amides is 2. The molecule has 1 aliphatic heterocycles. The molecule has 1 N–H and O–H groups in total. The van der Waals surface area contributed by atoms with E-state index in [1.165, 1.54) is 12.8 Å². The van der Waals surface area contributed by atoms with Crippen LogP contribution in [0.5, 0.6) is 0 Å². The molecule has 1 aliphatic carbocycles. The topological polar surface area (TPSA) is 52.7 Å². The van der Waals surface area contributed by atoms with E-state index in [1.54, 1.807) is 19.0 Å². The van der Waals surface area contributed by atoms with Crippen molar-refractivity contribution in [1.82, 2.24) is 15.1 Å². The summed E-state index contributed by atoms with van der Waals surface area (Å²) in [6.45, 7) is 1.21. The Morgan fingerprint density at radius 3 is 2.47 bits per heavy atom. The minimum Gasteiger partial charge on any atom is -0.352 e. The number of likely N-dealkylation sites (N-methyl/N-ethyl adjacent to an activating group) is 1. The van der Waals surface area contributed by atoms with Crippen LogP contribution in [0.2, 0.25) is 0 Å². The van der Waals surface area contributed by atoms with E-state index >= 15 is 0 Å². The highest BCUT2D eigenvalue weighted by atomic mass is 16.2. The molecule has 1 atom stereocenters. The summed E-state index contributed by atoms with van der Waals surface area (Å²) in [4.78, 5) is 27.7. The summed E-state index contributed by atoms with van der Waals surface area (Å²) in [5.74, 6) is 0.191. The first-order valence-electron chi connectivity index (χ1n) is 7.32. The van der Waals surface area contributed by atoms with Gasteiger partial charge < -0.3 is 10.2 Å². The van der Waals surface area contributed by atoms with Gasteiger partial charge in [0, 0.05) is 20.1 Å². The van der Waals surface area contributed by atoms with Crippen LogP contribution in [-0.4, -0.2) is 60.9 Å². The van der Waals surface area contributed by atoms with Gasteiger partial charge in [0.25, 0.3) is 0 Å². The van der Waals surface area contributed by atoms with E-state index in [2.05, 4.69) is 5.32 Å². The highest BCUT2D eigenvalue weighted by Crippen LogP contribution is 2.20. The fourth-order valence-corrected chi connectivity index (χ4v) is 3.12. The molecule has 1 saturated heterocycles. The van der Waals surface area contributed by atoms with E-state index in [1.807, 2.05) is 4.90 Å². The van der Waals surface area contributed by atoms with E-state index in [0.29, 0.717) is 12.6 Å². The maximum Gasteiger partial charge on any atom is 0.239 e. The van der Waals surface area contributed by atoms with Crippen LogP contribution in [0.25, 0.3) is 0 Å². The molecule has 0 bridgehead atoms. The number of hydrogen-bond acceptors (Lipinski definition) is 3. The Bertz CT molecular complexity index is 338. The SMILES string of the molecule is CN(C)C(=O)C1CCCN1CC(=O)NC1CCCC1. The van der Waals surface area contributed by atoms with Gasteiger partial charge in [0.1, 0.15) is 0 Å². The second kappa shape index (κ2) is 6.37. The molecule has 2 fully saturated rings. The summed E-state index contributed by atoms with van der Waals surface area (Å²) >= 11 is 0. The molecule has 2 aliphatic rings. The minimum absolute atomic E-state index is 0.0744. The minimum atomic E-state index is -0.107. The molecule has 19 heavy (non-hydrogen) atoms. The molecule has 2 amide bonds. The van der Waals surface area contributed by atoms with Crippen LogP contribution in [0.4, 0.5) is 0 Å². The summed E-state index contributed by atoms with van der Waals surface area (Å²) in [5, 5.41) is 3.09. The molecule has 5 nitrogen and oxygen atoms in total. The first-order valence-corrected chi connectivity index (χ1v) is 7.32. The fraction of sp³-hybridized carbons (Fsp3) is 0.857. The van der Waals surface area contributed by atoms with Crippen LogP contribution in [0.3, 0.4) is 0 Å². The number of nitrogens with one attached hydrogen (secondary N) is 1. The predicted octanol–water partition coefficient (Wildman–Crippen LogP) is 0.598. The van der Waals surface area contributed by atoms with Crippen molar-refractivity contribution in [2.45, 2.75) is 50.6 Å². The Kier molecular flexibility index (Phi) is 4.80. The number of hydrogen-bond donors (Lipinski definition) is 1.